The molecule has 134 valence electrons. The molecular weight excluding hydrogens is 343 g/mol. The SMILES string of the molecule is COCCNC(=O)[C@H](C)OC(=O)CNS(=O)(=O)c1ccc(F)cc1. The van der Waals surface area contributed by atoms with Crippen molar-refractivity contribution in [2.45, 2.75) is 17.9 Å². The highest BCUT2D eigenvalue weighted by molar-refractivity contribution is 7.89. The number of hydrogen-bond acceptors (Lipinski definition) is 6. The van der Waals surface area contributed by atoms with E-state index in [0.29, 0.717) is 6.61 Å². The van der Waals surface area contributed by atoms with Crippen LogP contribution in [0.2, 0.25) is 0 Å². The summed E-state index contributed by atoms with van der Waals surface area (Å²) in [5, 5.41) is 2.48. The Kier molecular flexibility index (Phi) is 7.75. The largest absolute Gasteiger partial charge is 0.452 e. The Morgan fingerprint density at radius 2 is 1.88 bits per heavy atom. The number of amides is 1. The molecule has 1 aromatic carbocycles. The summed E-state index contributed by atoms with van der Waals surface area (Å²) in [5.74, 6) is -2.03. The van der Waals surface area contributed by atoms with Crippen molar-refractivity contribution in [1.29, 1.82) is 0 Å². The van der Waals surface area contributed by atoms with E-state index in [1.165, 1.54) is 14.0 Å². The van der Waals surface area contributed by atoms with Crippen LogP contribution in [0, 0.1) is 5.82 Å². The smallest absolute Gasteiger partial charge is 0.321 e. The topological polar surface area (TPSA) is 111 Å². The number of ether oxygens (including phenoxy) is 2. The van der Waals surface area contributed by atoms with Gasteiger partial charge in [0.25, 0.3) is 5.91 Å². The van der Waals surface area contributed by atoms with E-state index in [0.717, 1.165) is 24.3 Å². The third-order valence-corrected chi connectivity index (χ3v) is 4.23. The number of hydrogen-bond donors (Lipinski definition) is 2. The summed E-state index contributed by atoms with van der Waals surface area (Å²) in [6, 6.07) is 4.10. The number of esters is 1. The molecule has 10 heteroatoms. The van der Waals surface area contributed by atoms with Crippen molar-refractivity contribution in [2.24, 2.45) is 0 Å². The number of rotatable bonds is 9. The van der Waals surface area contributed by atoms with E-state index >= 15 is 0 Å². The van der Waals surface area contributed by atoms with Gasteiger partial charge in [0.1, 0.15) is 12.4 Å². The molecule has 0 saturated carbocycles. The standard InChI is InChI=1S/C14H19FN2O6S/c1-10(14(19)16-7-8-22-2)23-13(18)9-17-24(20,21)12-5-3-11(15)4-6-12/h3-6,10,17H,7-9H2,1-2H3,(H,16,19)/t10-/m0/s1. The van der Waals surface area contributed by atoms with E-state index in [-0.39, 0.29) is 11.4 Å². The van der Waals surface area contributed by atoms with Gasteiger partial charge in [-0.05, 0) is 31.2 Å². The van der Waals surface area contributed by atoms with Gasteiger partial charge < -0.3 is 14.8 Å². The molecule has 0 bridgehead atoms. The van der Waals surface area contributed by atoms with Gasteiger partial charge in [0.2, 0.25) is 10.0 Å². The molecule has 0 spiro atoms. The second-order valence-electron chi connectivity index (χ2n) is 4.69. The minimum atomic E-state index is -3.98. The molecule has 0 heterocycles. The number of nitrogens with one attached hydrogen (secondary N) is 2. The molecule has 24 heavy (non-hydrogen) atoms. The van der Waals surface area contributed by atoms with E-state index in [2.05, 4.69) is 5.32 Å². The van der Waals surface area contributed by atoms with Gasteiger partial charge in [-0.15, -0.1) is 0 Å². The van der Waals surface area contributed by atoms with Crippen molar-refractivity contribution < 1.29 is 31.9 Å². The van der Waals surface area contributed by atoms with Crippen LogP contribution in [0.4, 0.5) is 4.39 Å². The Balaban J connectivity index is 2.47. The van der Waals surface area contributed by atoms with Gasteiger partial charge in [-0.1, -0.05) is 0 Å². The average Bonchev–Trinajstić information content (AvgIpc) is 2.53. The van der Waals surface area contributed by atoms with Gasteiger partial charge in [0, 0.05) is 13.7 Å². The van der Waals surface area contributed by atoms with Crippen molar-refractivity contribution in [3.63, 3.8) is 0 Å². The highest BCUT2D eigenvalue weighted by atomic mass is 32.2. The second kappa shape index (κ2) is 9.30. The molecule has 0 aliphatic heterocycles. The number of methoxy groups -OCH3 is 1. The Hall–Kier alpha value is -2.04. The Morgan fingerprint density at radius 1 is 1.25 bits per heavy atom. The van der Waals surface area contributed by atoms with Crippen LogP contribution in [-0.4, -0.2) is 53.2 Å². The molecule has 0 radical (unpaired) electrons. The van der Waals surface area contributed by atoms with Crippen LogP contribution in [-0.2, 0) is 29.1 Å². The molecule has 8 nitrogen and oxygen atoms in total. The van der Waals surface area contributed by atoms with Gasteiger partial charge in [-0.3, -0.25) is 9.59 Å². The number of sulfonamides is 1. The minimum Gasteiger partial charge on any atom is -0.452 e. The fourth-order valence-electron chi connectivity index (χ4n) is 1.56. The molecule has 2 N–H and O–H groups in total. The van der Waals surface area contributed by atoms with Crippen molar-refractivity contribution in [2.75, 3.05) is 26.8 Å². The van der Waals surface area contributed by atoms with E-state index in [1.807, 2.05) is 4.72 Å². The van der Waals surface area contributed by atoms with Gasteiger partial charge in [-0.2, -0.15) is 4.72 Å². The molecule has 0 unspecified atom stereocenters. The van der Waals surface area contributed by atoms with Crippen LogP contribution in [0.5, 0.6) is 0 Å². The maximum absolute atomic E-state index is 12.8. The van der Waals surface area contributed by atoms with Crippen molar-refractivity contribution >= 4 is 21.9 Å². The first-order valence-electron chi connectivity index (χ1n) is 6.97. The van der Waals surface area contributed by atoms with Crippen molar-refractivity contribution in [3.05, 3.63) is 30.1 Å². The summed E-state index contributed by atoms with van der Waals surface area (Å²) in [6.07, 6.45) is -1.08. The summed E-state index contributed by atoms with van der Waals surface area (Å²) >= 11 is 0. The molecule has 0 saturated heterocycles. The summed E-state index contributed by atoms with van der Waals surface area (Å²) in [7, 11) is -2.51. The summed E-state index contributed by atoms with van der Waals surface area (Å²) in [6.45, 7) is 1.27. The zero-order chi connectivity index (χ0) is 18.2. The zero-order valence-electron chi connectivity index (χ0n) is 13.2. The molecule has 1 atom stereocenters. The first kappa shape index (κ1) is 20.0. The van der Waals surface area contributed by atoms with Crippen LogP contribution in [0.15, 0.2) is 29.2 Å². The van der Waals surface area contributed by atoms with Crippen LogP contribution >= 0.6 is 0 Å². The van der Waals surface area contributed by atoms with Crippen molar-refractivity contribution in [1.82, 2.24) is 10.0 Å². The summed E-state index contributed by atoms with van der Waals surface area (Å²) in [5.41, 5.74) is 0. The van der Waals surface area contributed by atoms with Crippen LogP contribution < -0.4 is 10.0 Å². The van der Waals surface area contributed by atoms with Crippen LogP contribution in [0.1, 0.15) is 6.92 Å². The summed E-state index contributed by atoms with van der Waals surface area (Å²) in [4.78, 5) is 23.0. The number of carbonyl (C=O) groups excluding carboxylic acids is 2. The zero-order valence-corrected chi connectivity index (χ0v) is 14.1. The highest BCUT2D eigenvalue weighted by Gasteiger charge is 2.20. The van der Waals surface area contributed by atoms with E-state index in [4.69, 9.17) is 9.47 Å². The lowest BCUT2D eigenvalue weighted by atomic mass is 10.3. The number of halogens is 1. The lowest BCUT2D eigenvalue weighted by molar-refractivity contribution is -0.153. The average molecular weight is 362 g/mol. The lowest BCUT2D eigenvalue weighted by Gasteiger charge is -2.13. The van der Waals surface area contributed by atoms with E-state index in [1.54, 1.807) is 0 Å². The fourth-order valence-corrected chi connectivity index (χ4v) is 2.53. The molecular formula is C14H19FN2O6S. The first-order chi connectivity index (χ1) is 11.3. The third-order valence-electron chi connectivity index (χ3n) is 2.81. The maximum atomic E-state index is 12.8. The second-order valence-corrected chi connectivity index (χ2v) is 6.46. The molecule has 0 aliphatic carbocycles. The predicted molar refractivity (Wildman–Crippen MR) is 82.0 cm³/mol. The molecule has 1 aromatic rings. The van der Waals surface area contributed by atoms with Crippen molar-refractivity contribution in [3.8, 4) is 0 Å². The third kappa shape index (κ3) is 6.60. The number of carbonyl (C=O) groups is 2. The molecule has 0 aliphatic rings. The minimum absolute atomic E-state index is 0.193. The molecule has 1 rings (SSSR count). The molecule has 1 amide bonds. The van der Waals surface area contributed by atoms with Gasteiger partial charge in [0.15, 0.2) is 6.10 Å². The molecule has 0 aromatic heterocycles. The Morgan fingerprint density at radius 3 is 2.46 bits per heavy atom. The van der Waals surface area contributed by atoms with Gasteiger partial charge >= 0.3 is 5.97 Å². The monoisotopic (exact) mass is 362 g/mol. The number of benzene rings is 1. The Labute approximate surface area is 139 Å². The first-order valence-corrected chi connectivity index (χ1v) is 8.46. The maximum Gasteiger partial charge on any atom is 0.321 e. The van der Waals surface area contributed by atoms with E-state index in [9.17, 15) is 22.4 Å². The van der Waals surface area contributed by atoms with Crippen LogP contribution in [0.3, 0.4) is 0 Å². The predicted octanol–water partition coefficient (Wildman–Crippen LogP) is -0.202. The van der Waals surface area contributed by atoms with Gasteiger partial charge in [-0.25, -0.2) is 12.8 Å². The van der Waals surface area contributed by atoms with Gasteiger partial charge in [0.05, 0.1) is 11.5 Å². The molecule has 0 fully saturated rings. The normalized spacial score (nSPS) is 12.5. The highest BCUT2D eigenvalue weighted by Crippen LogP contribution is 2.09. The van der Waals surface area contributed by atoms with E-state index < -0.39 is 40.4 Å². The Bertz CT molecular complexity index is 662. The quantitative estimate of drug-likeness (QED) is 0.465. The summed E-state index contributed by atoms with van der Waals surface area (Å²) < 4.78 is 48.2. The lowest BCUT2D eigenvalue weighted by Crippen LogP contribution is -2.39. The fraction of sp³-hybridized carbons (Fsp3) is 0.429. The van der Waals surface area contributed by atoms with Crippen LogP contribution in [0.25, 0.3) is 0 Å².